The summed E-state index contributed by atoms with van der Waals surface area (Å²) in [5.41, 5.74) is 1.12. The molecule has 0 bridgehead atoms. The maximum atomic E-state index is 12.2. The minimum Gasteiger partial charge on any atom is -0.219 e. The third kappa shape index (κ3) is 5.13. The molecule has 0 saturated heterocycles. The van der Waals surface area contributed by atoms with Crippen LogP contribution in [0.2, 0.25) is 0 Å². The quantitative estimate of drug-likeness (QED) is 0.504. The van der Waals surface area contributed by atoms with Crippen LogP contribution in [0.5, 0.6) is 0 Å². The van der Waals surface area contributed by atoms with Gasteiger partial charge in [-0.2, -0.15) is 0 Å². The zero-order valence-corrected chi connectivity index (χ0v) is 15.2. The van der Waals surface area contributed by atoms with Crippen molar-refractivity contribution >= 4 is 33.2 Å². The first-order valence-electron chi connectivity index (χ1n) is 7.23. The van der Waals surface area contributed by atoms with Crippen molar-refractivity contribution in [3.8, 4) is 0 Å². The fourth-order valence-electron chi connectivity index (χ4n) is 2.20. The van der Waals surface area contributed by atoms with Crippen molar-refractivity contribution in [3.05, 3.63) is 71.6 Å². The van der Waals surface area contributed by atoms with Crippen LogP contribution in [0, 0.1) is 0 Å². The van der Waals surface area contributed by atoms with Crippen LogP contribution in [0.25, 0.3) is 0 Å². The molecule has 23 heavy (non-hydrogen) atoms. The lowest BCUT2D eigenvalue weighted by molar-refractivity contribution is 0.604. The van der Waals surface area contributed by atoms with Gasteiger partial charge in [0.2, 0.25) is 0 Å². The van der Waals surface area contributed by atoms with E-state index in [1.807, 2.05) is 6.26 Å². The summed E-state index contributed by atoms with van der Waals surface area (Å²) in [7, 11) is -3.38. The first-order chi connectivity index (χ1) is 11.1. The van der Waals surface area contributed by atoms with E-state index in [1.165, 1.54) is 10.3 Å². The zero-order chi connectivity index (χ0) is 16.7. The number of hydrogen-bond donors (Lipinski definition) is 0. The van der Waals surface area contributed by atoms with E-state index >= 15 is 0 Å². The van der Waals surface area contributed by atoms with E-state index in [0.717, 1.165) is 5.56 Å². The molecule has 5 heteroatoms. The number of thioether (sulfide) groups is 1. The second kappa shape index (κ2) is 8.57. The zero-order valence-electron chi connectivity index (χ0n) is 12.9. The molecule has 2 aromatic carbocycles. The van der Waals surface area contributed by atoms with Gasteiger partial charge in [0.1, 0.15) is 0 Å². The summed E-state index contributed by atoms with van der Waals surface area (Å²) in [5.74, 6) is 0.559. The molecule has 0 aromatic heterocycles. The van der Waals surface area contributed by atoms with Gasteiger partial charge in [0.15, 0.2) is 9.84 Å². The van der Waals surface area contributed by atoms with Crippen LogP contribution in [0.1, 0.15) is 17.9 Å². The molecule has 0 N–H and O–H groups in total. The number of halogens is 1. The van der Waals surface area contributed by atoms with Crippen LogP contribution in [-0.4, -0.2) is 20.6 Å². The average Bonchev–Trinajstić information content (AvgIpc) is 2.60. The van der Waals surface area contributed by atoms with Gasteiger partial charge >= 0.3 is 0 Å². The van der Waals surface area contributed by atoms with Crippen molar-refractivity contribution in [3.63, 3.8) is 0 Å². The van der Waals surface area contributed by atoms with Gasteiger partial charge in [0.05, 0.1) is 4.90 Å². The topological polar surface area (TPSA) is 34.1 Å². The molecule has 0 spiro atoms. The summed E-state index contributed by atoms with van der Waals surface area (Å²) >= 11 is 7.74. The van der Waals surface area contributed by atoms with E-state index in [0.29, 0.717) is 17.2 Å². The number of alkyl halides is 1. The van der Waals surface area contributed by atoms with E-state index in [2.05, 4.69) is 24.3 Å². The molecule has 0 saturated carbocycles. The second-order valence-corrected chi connectivity index (χ2v) is 8.11. The third-order valence-electron chi connectivity index (χ3n) is 3.54. The van der Waals surface area contributed by atoms with E-state index in [9.17, 15) is 8.42 Å². The van der Waals surface area contributed by atoms with Gasteiger partial charge < -0.3 is 0 Å². The lowest BCUT2D eigenvalue weighted by Gasteiger charge is -2.12. The SMILES string of the molecule is CSc1ccc(C(CCl)C/C=C/S(=O)(=O)c2ccccc2)cc1. The van der Waals surface area contributed by atoms with Gasteiger partial charge in [-0.05, 0) is 42.5 Å². The Kier molecular flexibility index (Phi) is 6.75. The summed E-state index contributed by atoms with van der Waals surface area (Å²) in [5, 5.41) is 1.28. The van der Waals surface area contributed by atoms with Crippen molar-refractivity contribution in [2.75, 3.05) is 12.1 Å². The molecule has 2 rings (SSSR count). The third-order valence-corrected chi connectivity index (χ3v) is 6.14. The summed E-state index contributed by atoms with van der Waals surface area (Å²) in [4.78, 5) is 1.51. The largest absolute Gasteiger partial charge is 0.219 e. The van der Waals surface area contributed by atoms with Gasteiger partial charge in [0, 0.05) is 22.1 Å². The minimum absolute atomic E-state index is 0.106. The van der Waals surface area contributed by atoms with Crippen LogP contribution in [-0.2, 0) is 9.84 Å². The van der Waals surface area contributed by atoms with Crippen molar-refractivity contribution in [1.82, 2.24) is 0 Å². The molecule has 0 aliphatic carbocycles. The molecule has 0 heterocycles. The minimum atomic E-state index is -3.38. The second-order valence-electron chi connectivity index (χ2n) is 5.09. The molecule has 1 atom stereocenters. The normalized spacial score (nSPS) is 13.3. The maximum absolute atomic E-state index is 12.2. The Balaban J connectivity index is 2.07. The van der Waals surface area contributed by atoms with Gasteiger partial charge in [-0.1, -0.05) is 36.4 Å². The average molecular weight is 367 g/mol. The van der Waals surface area contributed by atoms with Crippen molar-refractivity contribution in [2.24, 2.45) is 0 Å². The molecule has 0 aliphatic rings. The summed E-state index contributed by atoms with van der Waals surface area (Å²) < 4.78 is 24.4. The molecule has 122 valence electrons. The first kappa shape index (κ1) is 18.1. The number of benzene rings is 2. The number of sulfone groups is 1. The Morgan fingerprint density at radius 3 is 2.30 bits per heavy atom. The Hall–Kier alpha value is -1.23. The Bertz CT molecular complexity index is 738. The highest BCUT2D eigenvalue weighted by Crippen LogP contribution is 2.25. The van der Waals surface area contributed by atoms with Crippen LogP contribution >= 0.6 is 23.4 Å². The number of rotatable bonds is 7. The Morgan fingerprint density at radius 1 is 1.09 bits per heavy atom. The number of allylic oxidation sites excluding steroid dienone is 1. The van der Waals surface area contributed by atoms with E-state index in [4.69, 9.17) is 11.6 Å². The number of hydrogen-bond acceptors (Lipinski definition) is 3. The lowest BCUT2D eigenvalue weighted by atomic mass is 9.98. The van der Waals surface area contributed by atoms with Crippen LogP contribution in [0.4, 0.5) is 0 Å². The highest BCUT2D eigenvalue weighted by molar-refractivity contribution is 7.98. The standard InChI is InChI=1S/C18H19ClO2S2/c1-22-17-11-9-15(10-12-17)16(14-19)6-5-13-23(20,21)18-7-3-2-4-8-18/h2-5,7-13,16H,6,14H2,1H3/b13-5+. The Morgan fingerprint density at radius 2 is 1.74 bits per heavy atom. The highest BCUT2D eigenvalue weighted by atomic mass is 35.5. The summed E-state index contributed by atoms with van der Waals surface area (Å²) in [6.45, 7) is 0. The fourth-order valence-corrected chi connectivity index (χ4v) is 3.97. The molecular formula is C18H19ClO2S2. The van der Waals surface area contributed by atoms with Crippen LogP contribution in [0.3, 0.4) is 0 Å². The molecule has 0 radical (unpaired) electrons. The summed E-state index contributed by atoms with van der Waals surface area (Å²) in [6, 6.07) is 16.7. The molecule has 2 aromatic rings. The van der Waals surface area contributed by atoms with Gasteiger partial charge in [-0.3, -0.25) is 0 Å². The predicted molar refractivity (Wildman–Crippen MR) is 99.1 cm³/mol. The van der Waals surface area contributed by atoms with Gasteiger partial charge in [-0.25, -0.2) is 8.42 Å². The molecule has 0 aliphatic heterocycles. The Labute approximate surface area is 147 Å². The first-order valence-corrected chi connectivity index (χ1v) is 10.5. The molecule has 2 nitrogen and oxygen atoms in total. The van der Waals surface area contributed by atoms with Crippen molar-refractivity contribution in [1.29, 1.82) is 0 Å². The predicted octanol–water partition coefficient (Wildman–Crippen LogP) is 5.11. The molecule has 0 amide bonds. The van der Waals surface area contributed by atoms with Crippen molar-refractivity contribution < 1.29 is 8.42 Å². The van der Waals surface area contributed by atoms with E-state index < -0.39 is 9.84 Å². The van der Waals surface area contributed by atoms with E-state index in [-0.39, 0.29) is 5.92 Å². The molecule has 1 unspecified atom stereocenters. The van der Waals surface area contributed by atoms with Gasteiger partial charge in [0.25, 0.3) is 0 Å². The van der Waals surface area contributed by atoms with Gasteiger partial charge in [-0.15, -0.1) is 23.4 Å². The van der Waals surface area contributed by atoms with Crippen molar-refractivity contribution in [2.45, 2.75) is 22.1 Å². The molecular weight excluding hydrogens is 348 g/mol. The van der Waals surface area contributed by atoms with Crippen LogP contribution in [0.15, 0.2) is 75.9 Å². The maximum Gasteiger partial charge on any atom is 0.199 e. The smallest absolute Gasteiger partial charge is 0.199 e. The van der Waals surface area contributed by atoms with Crippen LogP contribution < -0.4 is 0 Å². The monoisotopic (exact) mass is 366 g/mol. The highest BCUT2D eigenvalue weighted by Gasteiger charge is 2.11. The summed E-state index contributed by atoms with van der Waals surface area (Å²) in [6.07, 6.45) is 4.32. The lowest BCUT2D eigenvalue weighted by Crippen LogP contribution is -2.00. The molecule has 0 fully saturated rings. The fraction of sp³-hybridized carbons (Fsp3) is 0.222. The van der Waals surface area contributed by atoms with E-state index in [1.54, 1.807) is 48.2 Å².